The first-order valence-electron chi connectivity index (χ1n) is 9.57. The van der Waals surface area contributed by atoms with Crippen molar-refractivity contribution in [2.75, 3.05) is 64.9 Å². The van der Waals surface area contributed by atoms with Crippen LogP contribution < -0.4 is 9.64 Å². The number of hydrogen-bond donors (Lipinski definition) is 0. The quantitative estimate of drug-likeness (QED) is 0.722. The van der Waals surface area contributed by atoms with Crippen LogP contribution in [0.25, 0.3) is 0 Å². The van der Waals surface area contributed by atoms with Gasteiger partial charge >= 0.3 is 5.97 Å². The van der Waals surface area contributed by atoms with E-state index in [0.29, 0.717) is 6.54 Å². The van der Waals surface area contributed by atoms with Gasteiger partial charge < -0.3 is 19.3 Å². The number of carbonyl (C=O) groups is 2. The number of methoxy groups -OCH3 is 2. The Morgan fingerprint density at radius 1 is 0.963 bits per heavy atom. The third-order valence-corrected chi connectivity index (χ3v) is 5.55. The van der Waals surface area contributed by atoms with Crippen LogP contribution in [0, 0.1) is 5.92 Å². The molecule has 0 atom stereocenters. The van der Waals surface area contributed by atoms with Gasteiger partial charge in [-0.2, -0.15) is 0 Å². The van der Waals surface area contributed by atoms with Gasteiger partial charge in [-0.05, 0) is 50.2 Å². The van der Waals surface area contributed by atoms with Crippen molar-refractivity contribution in [3.05, 3.63) is 24.3 Å². The first-order valence-corrected chi connectivity index (χ1v) is 9.57. The topological polar surface area (TPSA) is 62.3 Å². The van der Waals surface area contributed by atoms with Crippen LogP contribution in [-0.4, -0.2) is 81.7 Å². The lowest BCUT2D eigenvalue weighted by atomic mass is 9.97. The van der Waals surface area contributed by atoms with E-state index in [2.05, 4.69) is 21.9 Å². The lowest BCUT2D eigenvalue weighted by molar-refractivity contribution is -0.147. The molecule has 27 heavy (non-hydrogen) atoms. The van der Waals surface area contributed by atoms with Gasteiger partial charge in [-0.3, -0.25) is 14.5 Å². The molecule has 2 aliphatic rings. The molecule has 0 aromatic heterocycles. The van der Waals surface area contributed by atoms with Crippen LogP contribution in [0.5, 0.6) is 5.75 Å². The van der Waals surface area contributed by atoms with Crippen molar-refractivity contribution in [3.63, 3.8) is 0 Å². The molecule has 0 unspecified atom stereocenters. The molecule has 0 aliphatic carbocycles. The second-order valence-corrected chi connectivity index (χ2v) is 7.14. The van der Waals surface area contributed by atoms with Crippen molar-refractivity contribution in [2.45, 2.75) is 12.8 Å². The Hall–Kier alpha value is -2.28. The van der Waals surface area contributed by atoms with Gasteiger partial charge in [-0.15, -0.1) is 0 Å². The predicted octanol–water partition coefficient (Wildman–Crippen LogP) is 1.23. The van der Waals surface area contributed by atoms with Gasteiger partial charge in [0.2, 0.25) is 5.91 Å². The fourth-order valence-electron chi connectivity index (χ4n) is 3.79. The molecule has 148 valence electrons. The first-order chi connectivity index (χ1) is 13.1. The molecular formula is C20H29N3O4. The lowest BCUT2D eigenvalue weighted by Crippen LogP contribution is -2.52. The number of hydrogen-bond acceptors (Lipinski definition) is 6. The Bertz CT molecular complexity index is 633. The summed E-state index contributed by atoms with van der Waals surface area (Å²) in [7, 11) is 3.10. The largest absolute Gasteiger partial charge is 0.497 e. The van der Waals surface area contributed by atoms with E-state index in [-0.39, 0.29) is 17.8 Å². The Morgan fingerprint density at radius 2 is 1.59 bits per heavy atom. The molecule has 0 spiro atoms. The van der Waals surface area contributed by atoms with Crippen LogP contribution in [-0.2, 0) is 14.3 Å². The van der Waals surface area contributed by atoms with Crippen LogP contribution in [0.15, 0.2) is 24.3 Å². The second-order valence-electron chi connectivity index (χ2n) is 7.14. The fraction of sp³-hybridized carbons (Fsp3) is 0.600. The molecule has 3 rings (SSSR count). The molecule has 2 fully saturated rings. The van der Waals surface area contributed by atoms with E-state index >= 15 is 0 Å². The number of esters is 1. The van der Waals surface area contributed by atoms with E-state index in [0.717, 1.165) is 63.5 Å². The van der Waals surface area contributed by atoms with E-state index in [1.165, 1.54) is 7.11 Å². The highest BCUT2D eigenvalue weighted by molar-refractivity contribution is 5.78. The molecule has 1 aromatic carbocycles. The zero-order valence-corrected chi connectivity index (χ0v) is 16.2. The maximum atomic E-state index is 12.6. The van der Waals surface area contributed by atoms with Crippen molar-refractivity contribution >= 4 is 17.6 Å². The lowest BCUT2D eigenvalue weighted by Gasteiger charge is -2.38. The molecule has 7 nitrogen and oxygen atoms in total. The summed E-state index contributed by atoms with van der Waals surface area (Å²) in [6.07, 6.45) is 1.54. The van der Waals surface area contributed by atoms with E-state index in [4.69, 9.17) is 9.47 Å². The summed E-state index contributed by atoms with van der Waals surface area (Å²) in [5, 5.41) is 0. The number of likely N-dealkylation sites (tertiary alicyclic amines) is 1. The van der Waals surface area contributed by atoms with Gasteiger partial charge in [0.25, 0.3) is 0 Å². The molecule has 0 N–H and O–H groups in total. The molecule has 7 heteroatoms. The number of piperazine rings is 1. The fourth-order valence-corrected chi connectivity index (χ4v) is 3.79. The SMILES string of the molecule is COC(=O)C1CCN(CC(=O)N2CCN(c3ccc(OC)cc3)CC2)CC1. The summed E-state index contributed by atoms with van der Waals surface area (Å²) in [6.45, 7) is 5.14. The maximum Gasteiger partial charge on any atom is 0.308 e. The zero-order chi connectivity index (χ0) is 19.2. The summed E-state index contributed by atoms with van der Waals surface area (Å²) in [5.74, 6) is 0.884. The molecule has 0 saturated carbocycles. The van der Waals surface area contributed by atoms with Crippen LogP contribution in [0.3, 0.4) is 0 Å². The number of nitrogens with zero attached hydrogens (tertiary/aromatic N) is 3. The van der Waals surface area contributed by atoms with Crippen LogP contribution in [0.1, 0.15) is 12.8 Å². The third-order valence-electron chi connectivity index (χ3n) is 5.55. The minimum Gasteiger partial charge on any atom is -0.497 e. The summed E-state index contributed by atoms with van der Waals surface area (Å²) in [5.41, 5.74) is 1.16. The maximum absolute atomic E-state index is 12.6. The first kappa shape index (κ1) is 19.5. The van der Waals surface area contributed by atoms with Crippen LogP contribution in [0.2, 0.25) is 0 Å². The minimum absolute atomic E-state index is 0.0191. The minimum atomic E-state index is -0.129. The molecule has 2 saturated heterocycles. The Labute approximate surface area is 160 Å². The van der Waals surface area contributed by atoms with Gasteiger partial charge in [0.1, 0.15) is 5.75 Å². The van der Waals surface area contributed by atoms with E-state index in [9.17, 15) is 9.59 Å². The van der Waals surface area contributed by atoms with Crippen molar-refractivity contribution in [1.82, 2.24) is 9.80 Å². The van der Waals surface area contributed by atoms with Crippen LogP contribution >= 0.6 is 0 Å². The smallest absolute Gasteiger partial charge is 0.308 e. The number of piperidine rings is 1. The van der Waals surface area contributed by atoms with Gasteiger partial charge in [0.05, 0.1) is 26.7 Å². The van der Waals surface area contributed by atoms with Gasteiger partial charge in [0.15, 0.2) is 0 Å². The number of amides is 1. The molecule has 1 aromatic rings. The number of rotatable bonds is 5. The average Bonchev–Trinajstić information content (AvgIpc) is 2.74. The molecule has 1 amide bonds. The van der Waals surface area contributed by atoms with Gasteiger partial charge in [0, 0.05) is 31.9 Å². The van der Waals surface area contributed by atoms with Crippen molar-refractivity contribution in [3.8, 4) is 5.75 Å². The number of carbonyl (C=O) groups excluding carboxylic acids is 2. The van der Waals surface area contributed by atoms with Gasteiger partial charge in [-0.1, -0.05) is 0 Å². The number of anilines is 1. The molecular weight excluding hydrogens is 346 g/mol. The van der Waals surface area contributed by atoms with E-state index in [1.807, 2.05) is 17.0 Å². The highest BCUT2D eigenvalue weighted by Crippen LogP contribution is 2.21. The van der Waals surface area contributed by atoms with Crippen molar-refractivity contribution < 1.29 is 19.1 Å². The Morgan fingerprint density at radius 3 is 2.15 bits per heavy atom. The monoisotopic (exact) mass is 375 g/mol. The molecule has 0 bridgehead atoms. The summed E-state index contributed by atoms with van der Waals surface area (Å²) >= 11 is 0. The highest BCUT2D eigenvalue weighted by Gasteiger charge is 2.28. The zero-order valence-electron chi connectivity index (χ0n) is 16.2. The Balaban J connectivity index is 1.43. The van der Waals surface area contributed by atoms with E-state index in [1.54, 1.807) is 7.11 Å². The summed E-state index contributed by atoms with van der Waals surface area (Å²) in [6, 6.07) is 8.04. The molecule has 0 radical (unpaired) electrons. The molecule has 2 aliphatic heterocycles. The normalized spacial score (nSPS) is 19.0. The van der Waals surface area contributed by atoms with Gasteiger partial charge in [-0.25, -0.2) is 0 Å². The van der Waals surface area contributed by atoms with Crippen molar-refractivity contribution in [2.24, 2.45) is 5.92 Å². The van der Waals surface area contributed by atoms with E-state index < -0.39 is 0 Å². The summed E-state index contributed by atoms with van der Waals surface area (Å²) in [4.78, 5) is 30.6. The number of ether oxygens (including phenoxy) is 2. The average molecular weight is 375 g/mol. The summed E-state index contributed by atoms with van der Waals surface area (Å²) < 4.78 is 10.0. The molecule has 2 heterocycles. The highest BCUT2D eigenvalue weighted by atomic mass is 16.5. The standard InChI is InChI=1S/C20H29N3O4/c1-26-18-5-3-17(4-6-18)22-11-13-23(14-12-22)19(24)15-21-9-7-16(8-10-21)20(25)27-2/h3-6,16H,7-15H2,1-2H3. The second kappa shape index (κ2) is 9.08. The van der Waals surface area contributed by atoms with Crippen molar-refractivity contribution in [1.29, 1.82) is 0 Å². The predicted molar refractivity (Wildman–Crippen MR) is 103 cm³/mol. The van der Waals surface area contributed by atoms with Crippen LogP contribution in [0.4, 0.5) is 5.69 Å². The Kier molecular flexibility index (Phi) is 6.55. The number of benzene rings is 1. The third kappa shape index (κ3) is 4.91.